The number of rotatable bonds is 4. The van der Waals surface area contributed by atoms with Crippen molar-refractivity contribution in [3.05, 3.63) is 39.9 Å². The van der Waals surface area contributed by atoms with Gasteiger partial charge in [-0.2, -0.15) is 0 Å². The Morgan fingerprint density at radius 1 is 1.38 bits per heavy atom. The molecule has 1 aromatic rings. The molecular weight excluding hydrogens is 292 g/mol. The number of non-ortho nitro benzene ring substituents is 1. The first kappa shape index (κ1) is 15.8. The van der Waals surface area contributed by atoms with Gasteiger partial charge in [0.15, 0.2) is 0 Å². The first-order valence-electron chi connectivity index (χ1n) is 7.09. The van der Waals surface area contributed by atoms with E-state index in [1.165, 1.54) is 24.3 Å². The van der Waals surface area contributed by atoms with E-state index in [0.29, 0.717) is 17.4 Å². The fourth-order valence-electron chi connectivity index (χ4n) is 2.65. The maximum absolute atomic E-state index is 12.3. The second-order valence-electron chi connectivity index (χ2n) is 5.85. The highest BCUT2D eigenvalue weighted by Crippen LogP contribution is 2.33. The molecule has 0 aliphatic heterocycles. The number of amides is 1. The van der Waals surface area contributed by atoms with Gasteiger partial charge in [-0.25, -0.2) is 0 Å². The number of nitrogens with zero attached hydrogens (tertiary/aromatic N) is 1. The number of hydrogen-bond donors (Lipinski definition) is 1. The number of benzene rings is 1. The Balaban J connectivity index is 2.07. The number of carbonyl (C=O) groups excluding carboxylic acids is 1. The topological polar surface area (TPSA) is 72.2 Å². The van der Waals surface area contributed by atoms with Crippen molar-refractivity contribution >= 4 is 23.2 Å². The van der Waals surface area contributed by atoms with Gasteiger partial charge in [0.05, 0.1) is 10.5 Å². The van der Waals surface area contributed by atoms with E-state index in [1.54, 1.807) is 0 Å². The quantitative estimate of drug-likeness (QED) is 0.525. The second-order valence-corrected chi connectivity index (χ2v) is 6.12. The molecule has 1 aliphatic carbocycles. The lowest BCUT2D eigenvalue weighted by Crippen LogP contribution is -2.52. The SMILES string of the molecule is CC1CCC(CCl)(NC(=O)c2ccc([N+](=O)[O-])cc2)CC1. The average Bonchev–Trinajstić information content (AvgIpc) is 2.50. The van der Waals surface area contributed by atoms with Gasteiger partial charge in [-0.3, -0.25) is 14.9 Å². The molecule has 0 aromatic heterocycles. The smallest absolute Gasteiger partial charge is 0.269 e. The van der Waals surface area contributed by atoms with Crippen LogP contribution in [0.1, 0.15) is 43.0 Å². The molecule has 0 saturated heterocycles. The average molecular weight is 311 g/mol. The van der Waals surface area contributed by atoms with Crippen LogP contribution in [0.25, 0.3) is 0 Å². The van der Waals surface area contributed by atoms with Gasteiger partial charge in [-0.05, 0) is 43.7 Å². The molecule has 1 aliphatic rings. The minimum Gasteiger partial charge on any atom is -0.345 e. The molecule has 0 radical (unpaired) electrons. The van der Waals surface area contributed by atoms with Crippen molar-refractivity contribution in [2.24, 2.45) is 5.92 Å². The van der Waals surface area contributed by atoms with Gasteiger partial charge in [0.25, 0.3) is 11.6 Å². The van der Waals surface area contributed by atoms with Crippen LogP contribution in [0.15, 0.2) is 24.3 Å². The van der Waals surface area contributed by atoms with E-state index in [-0.39, 0.29) is 17.1 Å². The zero-order valence-electron chi connectivity index (χ0n) is 12.0. The summed E-state index contributed by atoms with van der Waals surface area (Å²) in [6.45, 7) is 2.20. The van der Waals surface area contributed by atoms with Gasteiger partial charge in [-0.1, -0.05) is 6.92 Å². The summed E-state index contributed by atoms with van der Waals surface area (Å²) >= 11 is 6.08. The summed E-state index contributed by atoms with van der Waals surface area (Å²) in [5.41, 5.74) is 0.0428. The molecule has 0 heterocycles. The summed E-state index contributed by atoms with van der Waals surface area (Å²) in [7, 11) is 0. The van der Waals surface area contributed by atoms with Crippen LogP contribution in [0.3, 0.4) is 0 Å². The van der Waals surface area contributed by atoms with Gasteiger partial charge < -0.3 is 5.32 Å². The maximum atomic E-state index is 12.3. The molecule has 1 aromatic carbocycles. The lowest BCUT2D eigenvalue weighted by Gasteiger charge is -2.38. The Hall–Kier alpha value is -1.62. The predicted octanol–water partition coefficient (Wildman–Crippen LogP) is 3.51. The van der Waals surface area contributed by atoms with Crippen LogP contribution < -0.4 is 5.32 Å². The molecule has 114 valence electrons. The number of alkyl halides is 1. The van der Waals surface area contributed by atoms with Crippen molar-refractivity contribution in [2.45, 2.75) is 38.1 Å². The zero-order chi connectivity index (χ0) is 15.5. The summed E-state index contributed by atoms with van der Waals surface area (Å²) in [6.07, 6.45) is 3.84. The third-order valence-electron chi connectivity index (χ3n) is 4.21. The molecule has 0 unspecified atom stereocenters. The van der Waals surface area contributed by atoms with Crippen LogP contribution >= 0.6 is 11.6 Å². The van der Waals surface area contributed by atoms with Crippen molar-refractivity contribution in [2.75, 3.05) is 5.88 Å². The van der Waals surface area contributed by atoms with Crippen molar-refractivity contribution in [1.82, 2.24) is 5.32 Å². The summed E-state index contributed by atoms with van der Waals surface area (Å²) in [4.78, 5) is 22.4. The zero-order valence-corrected chi connectivity index (χ0v) is 12.7. The molecule has 21 heavy (non-hydrogen) atoms. The summed E-state index contributed by atoms with van der Waals surface area (Å²) in [6, 6.07) is 5.62. The largest absolute Gasteiger partial charge is 0.345 e. The molecule has 0 bridgehead atoms. The van der Waals surface area contributed by atoms with Gasteiger partial charge in [0.2, 0.25) is 0 Å². The van der Waals surface area contributed by atoms with Crippen LogP contribution in [0.2, 0.25) is 0 Å². The highest BCUT2D eigenvalue weighted by atomic mass is 35.5. The minimum atomic E-state index is -0.482. The van der Waals surface area contributed by atoms with Crippen molar-refractivity contribution in [1.29, 1.82) is 0 Å². The van der Waals surface area contributed by atoms with E-state index >= 15 is 0 Å². The Labute approximate surface area is 128 Å². The number of halogens is 1. The molecule has 1 amide bonds. The van der Waals surface area contributed by atoms with Crippen LogP contribution in [0.5, 0.6) is 0 Å². The Bertz CT molecular complexity index is 522. The summed E-state index contributed by atoms with van der Waals surface area (Å²) in [5.74, 6) is 0.830. The maximum Gasteiger partial charge on any atom is 0.269 e. The second kappa shape index (κ2) is 6.43. The van der Waals surface area contributed by atoms with E-state index in [0.717, 1.165) is 25.7 Å². The van der Waals surface area contributed by atoms with Crippen LogP contribution in [0.4, 0.5) is 5.69 Å². The fraction of sp³-hybridized carbons (Fsp3) is 0.533. The number of nitro groups is 1. The normalized spacial score (nSPS) is 25.3. The Kier molecular flexibility index (Phi) is 4.83. The van der Waals surface area contributed by atoms with E-state index in [1.807, 2.05) is 0 Å². The van der Waals surface area contributed by atoms with E-state index in [2.05, 4.69) is 12.2 Å². The number of carbonyl (C=O) groups is 1. The fourth-order valence-corrected chi connectivity index (χ4v) is 2.99. The molecule has 5 nitrogen and oxygen atoms in total. The number of hydrogen-bond acceptors (Lipinski definition) is 3. The van der Waals surface area contributed by atoms with Crippen LogP contribution in [0, 0.1) is 16.0 Å². The van der Waals surface area contributed by atoms with Crippen molar-refractivity contribution < 1.29 is 9.72 Å². The highest BCUT2D eigenvalue weighted by Gasteiger charge is 2.35. The van der Waals surface area contributed by atoms with Crippen molar-refractivity contribution in [3.63, 3.8) is 0 Å². The number of nitro benzene ring substituents is 1. The third-order valence-corrected chi connectivity index (χ3v) is 4.72. The monoisotopic (exact) mass is 310 g/mol. The Morgan fingerprint density at radius 3 is 2.43 bits per heavy atom. The molecule has 0 spiro atoms. The lowest BCUT2D eigenvalue weighted by molar-refractivity contribution is -0.384. The van der Waals surface area contributed by atoms with Gasteiger partial charge in [0, 0.05) is 23.6 Å². The molecule has 1 saturated carbocycles. The lowest BCUT2D eigenvalue weighted by atomic mass is 9.78. The van der Waals surface area contributed by atoms with Crippen LogP contribution in [-0.4, -0.2) is 22.2 Å². The van der Waals surface area contributed by atoms with Gasteiger partial charge in [-0.15, -0.1) is 11.6 Å². The molecule has 2 rings (SSSR count). The summed E-state index contributed by atoms with van der Waals surface area (Å²) in [5, 5.41) is 13.6. The molecular formula is C15H19ClN2O3. The predicted molar refractivity (Wildman–Crippen MR) is 81.6 cm³/mol. The Morgan fingerprint density at radius 2 is 1.95 bits per heavy atom. The minimum absolute atomic E-state index is 0.0231. The van der Waals surface area contributed by atoms with Crippen molar-refractivity contribution in [3.8, 4) is 0 Å². The van der Waals surface area contributed by atoms with E-state index < -0.39 is 4.92 Å². The highest BCUT2D eigenvalue weighted by molar-refractivity contribution is 6.19. The standard InChI is InChI=1S/C15H19ClN2O3/c1-11-6-8-15(10-16,9-7-11)17-14(19)12-2-4-13(5-3-12)18(20)21/h2-5,11H,6-10H2,1H3,(H,17,19). The first-order valence-corrected chi connectivity index (χ1v) is 7.62. The first-order chi connectivity index (χ1) is 9.96. The molecule has 1 fully saturated rings. The van der Waals surface area contributed by atoms with E-state index in [9.17, 15) is 14.9 Å². The van der Waals surface area contributed by atoms with Gasteiger partial charge in [0.1, 0.15) is 0 Å². The summed E-state index contributed by atoms with van der Waals surface area (Å²) < 4.78 is 0. The molecule has 0 atom stereocenters. The van der Waals surface area contributed by atoms with Gasteiger partial charge >= 0.3 is 0 Å². The third kappa shape index (κ3) is 3.73. The number of nitrogens with one attached hydrogen (secondary N) is 1. The van der Waals surface area contributed by atoms with Crippen LogP contribution in [-0.2, 0) is 0 Å². The molecule has 6 heteroatoms. The molecule has 1 N–H and O–H groups in total. The van der Waals surface area contributed by atoms with E-state index in [4.69, 9.17) is 11.6 Å².